The zero-order valence-corrected chi connectivity index (χ0v) is 27.0. The van der Waals surface area contributed by atoms with Crippen LogP contribution in [0.5, 0.6) is 0 Å². The molecule has 12 heteroatoms. The topological polar surface area (TPSA) is 165 Å². The Morgan fingerprint density at radius 3 is 2.31 bits per heavy atom. The van der Waals surface area contributed by atoms with Crippen LogP contribution in [0.1, 0.15) is 91.1 Å². The minimum absolute atomic E-state index is 0.0870. The zero-order chi connectivity index (χ0) is 31.9. The molecular weight excluding hydrogens is 538 g/mol. The SMILES string of the molecule is CC.CC(C)(C)O.CCc1c(C)nc2cc3nn2c1N1CCC(C)(CC1)OCCCCOC/C(N)=C/N(N)C3.O=CO. The van der Waals surface area contributed by atoms with Crippen molar-refractivity contribution in [3.05, 3.63) is 34.9 Å². The summed E-state index contributed by atoms with van der Waals surface area (Å²) >= 11 is 0. The van der Waals surface area contributed by atoms with Gasteiger partial charge < -0.3 is 35.3 Å². The van der Waals surface area contributed by atoms with E-state index >= 15 is 0 Å². The van der Waals surface area contributed by atoms with Crippen LogP contribution in [0.15, 0.2) is 18.0 Å². The third-order valence-corrected chi connectivity index (χ3v) is 6.48. The van der Waals surface area contributed by atoms with Gasteiger partial charge in [-0.1, -0.05) is 20.8 Å². The maximum Gasteiger partial charge on any atom is 0.290 e. The van der Waals surface area contributed by atoms with E-state index in [1.165, 1.54) is 5.56 Å². The molecular formula is C30H55N7O5. The molecule has 2 aromatic rings. The Bertz CT molecular complexity index is 1100. The first-order valence-corrected chi connectivity index (χ1v) is 14.9. The molecule has 4 bridgehead atoms. The van der Waals surface area contributed by atoms with Gasteiger partial charge in [0.25, 0.3) is 6.47 Å². The predicted octanol–water partition coefficient (Wildman–Crippen LogP) is 3.77. The molecule has 5 rings (SSSR count). The van der Waals surface area contributed by atoms with Gasteiger partial charge in [0, 0.05) is 49.8 Å². The van der Waals surface area contributed by atoms with Gasteiger partial charge in [-0.3, -0.25) is 4.79 Å². The highest BCUT2D eigenvalue weighted by Crippen LogP contribution is 2.32. The summed E-state index contributed by atoms with van der Waals surface area (Å²) in [5.74, 6) is 7.34. The lowest BCUT2D eigenvalue weighted by Gasteiger charge is -2.41. The number of carbonyl (C=O) groups is 1. The van der Waals surface area contributed by atoms with Crippen LogP contribution in [0, 0.1) is 6.92 Å². The standard InChI is InChI=1S/C23H37N7O2.C4H10O.C2H6.CH2O2/c1-4-20-17(2)26-21-13-19-15-29(25)14-18(24)16-31-11-5-6-12-32-23(3)7-9-28(10-8-23)22(20)30(21)27-19;1-4(2,3)5;1-2;2-1-3/h13-14H,4-12,15-16,24-25H2,1-3H3;5H,1-3H3;1-2H3;1H,(H,2,3)/b18-14-;;;. The highest BCUT2D eigenvalue weighted by molar-refractivity contribution is 5.58. The smallest absolute Gasteiger partial charge is 0.290 e. The lowest BCUT2D eigenvalue weighted by Crippen LogP contribution is -2.45. The van der Waals surface area contributed by atoms with Gasteiger partial charge in [0.15, 0.2) is 5.65 Å². The number of hydrogen-bond donors (Lipinski definition) is 4. The van der Waals surface area contributed by atoms with Crippen molar-refractivity contribution >= 4 is 17.9 Å². The monoisotopic (exact) mass is 593 g/mol. The number of piperidine rings is 1. The number of aliphatic hydroxyl groups is 1. The van der Waals surface area contributed by atoms with Crippen molar-refractivity contribution in [2.24, 2.45) is 11.6 Å². The minimum atomic E-state index is -0.500. The van der Waals surface area contributed by atoms with Crippen LogP contribution in [0.2, 0.25) is 0 Å². The number of nitrogens with two attached hydrogens (primary N) is 2. The summed E-state index contributed by atoms with van der Waals surface area (Å²) in [5.41, 5.74) is 10.1. The fourth-order valence-electron chi connectivity index (χ4n) is 4.63. The average molecular weight is 594 g/mol. The van der Waals surface area contributed by atoms with Crippen molar-refractivity contribution in [2.75, 3.05) is 37.8 Å². The minimum Gasteiger partial charge on any atom is -0.483 e. The summed E-state index contributed by atoms with van der Waals surface area (Å²) in [5, 5.41) is 21.9. The highest BCUT2D eigenvalue weighted by Gasteiger charge is 2.33. The van der Waals surface area contributed by atoms with Crippen LogP contribution < -0.4 is 16.5 Å². The Balaban J connectivity index is 0.000000774. The zero-order valence-electron chi connectivity index (χ0n) is 27.0. The average Bonchev–Trinajstić information content (AvgIpc) is 3.29. The van der Waals surface area contributed by atoms with Crippen LogP contribution in [-0.4, -0.2) is 80.4 Å². The summed E-state index contributed by atoms with van der Waals surface area (Å²) in [7, 11) is 0. The van der Waals surface area contributed by atoms with Crippen LogP contribution >= 0.6 is 0 Å². The van der Waals surface area contributed by atoms with Gasteiger partial charge in [-0.2, -0.15) is 9.61 Å². The number of aryl methyl sites for hydroxylation is 1. The first-order chi connectivity index (χ1) is 19.8. The Labute approximate surface area is 251 Å². The molecule has 0 amide bonds. The lowest BCUT2D eigenvalue weighted by molar-refractivity contribution is -0.122. The van der Waals surface area contributed by atoms with Gasteiger partial charge in [0.05, 0.1) is 35.7 Å². The van der Waals surface area contributed by atoms with Crippen LogP contribution in [0.25, 0.3) is 5.65 Å². The van der Waals surface area contributed by atoms with E-state index in [4.69, 9.17) is 46.1 Å². The number of hydrogen-bond acceptors (Lipinski definition) is 10. The van der Waals surface area contributed by atoms with Gasteiger partial charge in [0.1, 0.15) is 5.82 Å². The van der Waals surface area contributed by atoms with Gasteiger partial charge in [-0.25, -0.2) is 10.8 Å². The van der Waals surface area contributed by atoms with E-state index in [1.54, 1.807) is 32.0 Å². The number of rotatable bonds is 1. The van der Waals surface area contributed by atoms with Gasteiger partial charge in [-0.05, 0) is 66.7 Å². The molecule has 0 atom stereocenters. The van der Waals surface area contributed by atoms with Crippen molar-refractivity contribution in [2.45, 2.75) is 105 Å². The van der Waals surface area contributed by atoms with Crippen LogP contribution in [0.3, 0.4) is 0 Å². The molecule has 1 saturated heterocycles. The van der Waals surface area contributed by atoms with Crippen molar-refractivity contribution in [3.8, 4) is 0 Å². The van der Waals surface area contributed by atoms with Crippen LogP contribution in [0.4, 0.5) is 5.82 Å². The van der Waals surface area contributed by atoms with E-state index in [2.05, 4.69) is 25.7 Å². The quantitative estimate of drug-likeness (QED) is 0.281. The molecule has 0 radical (unpaired) electrons. The summed E-state index contributed by atoms with van der Waals surface area (Å²) < 4.78 is 14.0. The van der Waals surface area contributed by atoms with E-state index in [1.807, 2.05) is 24.4 Å². The van der Waals surface area contributed by atoms with Crippen molar-refractivity contribution < 1.29 is 24.5 Å². The number of fused-ring (bicyclic) bond motifs is 11. The fraction of sp³-hybridized carbons (Fsp3) is 0.700. The van der Waals surface area contributed by atoms with Crippen molar-refractivity contribution in [1.29, 1.82) is 0 Å². The Hall–Kier alpha value is -2.93. The summed E-state index contributed by atoms with van der Waals surface area (Å²) in [6, 6.07) is 2.01. The number of nitrogens with zero attached hydrogens (tertiary/aromatic N) is 5. The molecule has 0 unspecified atom stereocenters. The normalized spacial score (nSPS) is 19.0. The lowest BCUT2D eigenvalue weighted by atomic mass is 9.93. The molecule has 6 N–H and O–H groups in total. The fourth-order valence-corrected chi connectivity index (χ4v) is 4.63. The first-order valence-electron chi connectivity index (χ1n) is 14.9. The molecule has 2 aromatic heterocycles. The van der Waals surface area contributed by atoms with Gasteiger partial charge in [-0.15, -0.1) is 0 Å². The number of hydrazine groups is 1. The third-order valence-electron chi connectivity index (χ3n) is 6.48. The molecule has 3 aliphatic rings. The van der Waals surface area contributed by atoms with Gasteiger partial charge in [0.2, 0.25) is 0 Å². The van der Waals surface area contributed by atoms with Crippen LogP contribution in [-0.2, 0) is 27.2 Å². The summed E-state index contributed by atoms with van der Waals surface area (Å²) in [6.45, 7) is 19.6. The molecule has 0 spiro atoms. The van der Waals surface area contributed by atoms with E-state index in [9.17, 15) is 0 Å². The Morgan fingerprint density at radius 2 is 1.74 bits per heavy atom. The maximum atomic E-state index is 8.52. The molecule has 12 nitrogen and oxygen atoms in total. The van der Waals surface area contributed by atoms with Crippen molar-refractivity contribution in [3.63, 3.8) is 0 Å². The molecule has 0 aliphatic carbocycles. The number of anilines is 1. The molecule has 240 valence electrons. The second kappa shape index (κ2) is 17.9. The third kappa shape index (κ3) is 12.5. The maximum absolute atomic E-state index is 8.52. The summed E-state index contributed by atoms with van der Waals surface area (Å²) in [4.78, 5) is 15.6. The van der Waals surface area contributed by atoms with E-state index in [-0.39, 0.29) is 12.1 Å². The second-order valence-electron chi connectivity index (χ2n) is 11.5. The molecule has 5 heterocycles. The first kappa shape index (κ1) is 37.1. The Kier molecular flexibility index (Phi) is 15.8. The number of ether oxygens (including phenoxy) is 2. The molecule has 42 heavy (non-hydrogen) atoms. The molecule has 0 aromatic carbocycles. The van der Waals surface area contributed by atoms with Gasteiger partial charge >= 0.3 is 0 Å². The Morgan fingerprint density at radius 1 is 1.17 bits per heavy atom. The summed E-state index contributed by atoms with van der Waals surface area (Å²) in [6.07, 6.45) is 6.52. The molecule has 3 aliphatic heterocycles. The van der Waals surface area contributed by atoms with E-state index in [0.29, 0.717) is 25.5 Å². The molecule has 1 fully saturated rings. The number of aromatic nitrogens is 3. The largest absolute Gasteiger partial charge is 0.483 e. The van der Waals surface area contributed by atoms with Crippen molar-refractivity contribution in [1.82, 2.24) is 19.6 Å². The van der Waals surface area contributed by atoms with E-state index < -0.39 is 5.60 Å². The predicted molar refractivity (Wildman–Crippen MR) is 167 cm³/mol. The molecule has 0 saturated carbocycles. The number of carboxylic acid groups (broad SMARTS) is 1. The second-order valence-corrected chi connectivity index (χ2v) is 11.5. The van der Waals surface area contributed by atoms with E-state index in [0.717, 1.165) is 74.7 Å². The highest BCUT2D eigenvalue weighted by atomic mass is 16.5.